The van der Waals surface area contributed by atoms with E-state index in [0.717, 1.165) is 5.03 Å². The Morgan fingerprint density at radius 3 is 3.15 bits per heavy atom. The molecule has 0 radical (unpaired) electrons. The van der Waals surface area contributed by atoms with Crippen LogP contribution in [0.4, 0.5) is 0 Å². The molecule has 0 unspecified atom stereocenters. The predicted molar refractivity (Wildman–Crippen MR) is 45.0 cm³/mol. The van der Waals surface area contributed by atoms with E-state index in [1.165, 1.54) is 11.8 Å². The molecule has 13 heavy (non-hydrogen) atoms. The molecule has 2 aromatic rings. The molecule has 0 spiro atoms. The standard InChI is InChI=1S/C6H7N5OS/c1-4-8-5(10-12-4)3-13-6-2-7-11-9-6/h2H,3H2,1H3,(H,7,9,11). The zero-order chi connectivity index (χ0) is 9.10. The van der Waals surface area contributed by atoms with Crippen molar-refractivity contribution in [3.05, 3.63) is 17.9 Å². The van der Waals surface area contributed by atoms with Gasteiger partial charge in [0.2, 0.25) is 5.89 Å². The molecule has 7 heteroatoms. The number of hydrogen-bond donors (Lipinski definition) is 1. The summed E-state index contributed by atoms with van der Waals surface area (Å²) in [4.78, 5) is 4.05. The molecular weight excluding hydrogens is 190 g/mol. The molecular formula is C6H7N5OS. The summed E-state index contributed by atoms with van der Waals surface area (Å²) in [7, 11) is 0. The highest BCUT2D eigenvalue weighted by atomic mass is 32.2. The minimum atomic E-state index is 0.579. The Morgan fingerprint density at radius 2 is 2.54 bits per heavy atom. The van der Waals surface area contributed by atoms with Crippen molar-refractivity contribution < 1.29 is 4.52 Å². The summed E-state index contributed by atoms with van der Waals surface area (Å²) in [6, 6.07) is 0. The van der Waals surface area contributed by atoms with E-state index in [4.69, 9.17) is 4.52 Å². The van der Waals surface area contributed by atoms with Gasteiger partial charge in [0.15, 0.2) is 5.82 Å². The van der Waals surface area contributed by atoms with Crippen molar-refractivity contribution >= 4 is 11.8 Å². The number of H-pyrrole nitrogens is 1. The van der Waals surface area contributed by atoms with E-state index in [0.29, 0.717) is 17.5 Å². The zero-order valence-electron chi connectivity index (χ0n) is 6.89. The molecule has 2 heterocycles. The van der Waals surface area contributed by atoms with Gasteiger partial charge in [-0.15, -0.1) is 5.10 Å². The molecule has 6 nitrogen and oxygen atoms in total. The Balaban J connectivity index is 1.93. The van der Waals surface area contributed by atoms with Gasteiger partial charge in [-0.3, -0.25) is 0 Å². The van der Waals surface area contributed by atoms with E-state index in [1.54, 1.807) is 13.1 Å². The van der Waals surface area contributed by atoms with Gasteiger partial charge in [0, 0.05) is 6.92 Å². The molecule has 0 atom stereocenters. The Morgan fingerprint density at radius 1 is 1.62 bits per heavy atom. The molecule has 1 N–H and O–H groups in total. The second-order valence-electron chi connectivity index (χ2n) is 2.33. The van der Waals surface area contributed by atoms with Crippen LogP contribution in [0.1, 0.15) is 11.7 Å². The monoisotopic (exact) mass is 197 g/mol. The van der Waals surface area contributed by atoms with Gasteiger partial charge < -0.3 is 4.52 Å². The molecule has 0 aliphatic heterocycles. The predicted octanol–water partition coefficient (Wildman–Crippen LogP) is 0.788. The molecule has 0 bridgehead atoms. The SMILES string of the molecule is Cc1nc(CSc2cn[nH]n2)no1. The number of aryl methyl sites for hydroxylation is 1. The lowest BCUT2D eigenvalue weighted by Crippen LogP contribution is -1.83. The average Bonchev–Trinajstić information content (AvgIpc) is 2.71. The minimum absolute atomic E-state index is 0.579. The zero-order valence-corrected chi connectivity index (χ0v) is 7.71. The number of hydrogen-bond acceptors (Lipinski definition) is 6. The topological polar surface area (TPSA) is 80.5 Å². The van der Waals surface area contributed by atoms with Crippen molar-refractivity contribution in [1.82, 2.24) is 25.6 Å². The third-order valence-electron chi connectivity index (χ3n) is 1.31. The molecule has 0 saturated heterocycles. The van der Waals surface area contributed by atoms with Gasteiger partial charge >= 0.3 is 0 Å². The van der Waals surface area contributed by atoms with E-state index in [2.05, 4.69) is 25.6 Å². The van der Waals surface area contributed by atoms with Crippen LogP contribution in [0, 0.1) is 6.92 Å². The molecule has 0 aromatic carbocycles. The van der Waals surface area contributed by atoms with Gasteiger partial charge in [-0.05, 0) is 0 Å². The van der Waals surface area contributed by atoms with Crippen molar-refractivity contribution in [2.24, 2.45) is 0 Å². The Labute approximate surface area is 78.1 Å². The fourth-order valence-electron chi connectivity index (χ4n) is 0.799. The van der Waals surface area contributed by atoms with E-state index < -0.39 is 0 Å². The summed E-state index contributed by atoms with van der Waals surface area (Å²) in [5.74, 6) is 1.89. The highest BCUT2D eigenvalue weighted by Crippen LogP contribution is 2.17. The second kappa shape index (κ2) is 3.56. The van der Waals surface area contributed by atoms with Crippen LogP contribution in [-0.4, -0.2) is 25.6 Å². The van der Waals surface area contributed by atoms with Crippen LogP contribution >= 0.6 is 11.8 Å². The van der Waals surface area contributed by atoms with Crippen LogP contribution in [0.15, 0.2) is 15.7 Å². The number of rotatable bonds is 3. The van der Waals surface area contributed by atoms with Gasteiger partial charge in [0.05, 0.1) is 11.9 Å². The van der Waals surface area contributed by atoms with E-state index in [9.17, 15) is 0 Å². The lowest BCUT2D eigenvalue weighted by atomic mass is 10.7. The molecule has 0 aliphatic rings. The van der Waals surface area contributed by atoms with Gasteiger partial charge in [0.25, 0.3) is 0 Å². The maximum atomic E-state index is 4.82. The fraction of sp³-hybridized carbons (Fsp3) is 0.333. The average molecular weight is 197 g/mol. The highest BCUT2D eigenvalue weighted by Gasteiger charge is 2.03. The van der Waals surface area contributed by atoms with Crippen molar-refractivity contribution in [1.29, 1.82) is 0 Å². The molecule has 68 valence electrons. The summed E-state index contributed by atoms with van der Waals surface area (Å²) in [5.41, 5.74) is 0. The Kier molecular flexibility index (Phi) is 2.26. The van der Waals surface area contributed by atoms with Crippen molar-refractivity contribution in [2.45, 2.75) is 17.7 Å². The molecule has 0 saturated carbocycles. The maximum absolute atomic E-state index is 4.82. The first-order valence-corrected chi connectivity index (χ1v) is 4.61. The third kappa shape index (κ3) is 2.05. The summed E-state index contributed by atoms with van der Waals surface area (Å²) >= 11 is 1.50. The summed E-state index contributed by atoms with van der Waals surface area (Å²) in [6.07, 6.45) is 1.65. The van der Waals surface area contributed by atoms with Crippen molar-refractivity contribution in [3.8, 4) is 0 Å². The highest BCUT2D eigenvalue weighted by molar-refractivity contribution is 7.98. The fourth-order valence-corrected chi connectivity index (χ4v) is 1.43. The van der Waals surface area contributed by atoms with Crippen LogP contribution < -0.4 is 0 Å². The normalized spacial score (nSPS) is 10.5. The Bertz CT molecular complexity index is 370. The third-order valence-corrected chi connectivity index (χ3v) is 2.21. The van der Waals surface area contributed by atoms with Gasteiger partial charge in [-0.25, -0.2) is 0 Å². The van der Waals surface area contributed by atoms with Crippen molar-refractivity contribution in [3.63, 3.8) is 0 Å². The van der Waals surface area contributed by atoms with Crippen LogP contribution in [0.2, 0.25) is 0 Å². The van der Waals surface area contributed by atoms with Crippen molar-refractivity contribution in [2.75, 3.05) is 0 Å². The first kappa shape index (κ1) is 8.24. The lowest BCUT2D eigenvalue weighted by Gasteiger charge is -1.88. The largest absolute Gasteiger partial charge is 0.340 e. The smallest absolute Gasteiger partial charge is 0.223 e. The van der Waals surface area contributed by atoms with Gasteiger partial charge in [-0.2, -0.15) is 15.3 Å². The molecule has 0 amide bonds. The van der Waals surface area contributed by atoms with Crippen LogP contribution in [-0.2, 0) is 5.75 Å². The van der Waals surface area contributed by atoms with E-state index in [-0.39, 0.29) is 0 Å². The van der Waals surface area contributed by atoms with Crippen LogP contribution in [0.3, 0.4) is 0 Å². The number of aromatic amines is 1. The van der Waals surface area contributed by atoms with E-state index in [1.807, 2.05) is 0 Å². The number of thioether (sulfide) groups is 1. The molecule has 0 fully saturated rings. The van der Waals surface area contributed by atoms with Crippen LogP contribution in [0.5, 0.6) is 0 Å². The maximum Gasteiger partial charge on any atom is 0.223 e. The summed E-state index contributed by atoms with van der Waals surface area (Å²) < 4.78 is 4.82. The number of aromatic nitrogens is 5. The first-order chi connectivity index (χ1) is 6.34. The molecule has 2 rings (SSSR count). The minimum Gasteiger partial charge on any atom is -0.340 e. The molecule has 2 aromatic heterocycles. The van der Waals surface area contributed by atoms with E-state index >= 15 is 0 Å². The number of nitrogens with one attached hydrogen (secondary N) is 1. The summed E-state index contributed by atoms with van der Waals surface area (Å²) in [5, 5.41) is 14.7. The summed E-state index contributed by atoms with van der Waals surface area (Å²) in [6.45, 7) is 1.76. The Hall–Kier alpha value is -1.37. The first-order valence-electron chi connectivity index (χ1n) is 3.62. The second-order valence-corrected chi connectivity index (χ2v) is 3.32. The lowest BCUT2D eigenvalue weighted by molar-refractivity contribution is 0.389. The van der Waals surface area contributed by atoms with Crippen LogP contribution in [0.25, 0.3) is 0 Å². The van der Waals surface area contributed by atoms with Gasteiger partial charge in [0.1, 0.15) is 5.03 Å². The quantitative estimate of drug-likeness (QED) is 0.732. The number of nitrogens with zero attached hydrogens (tertiary/aromatic N) is 4. The molecule has 0 aliphatic carbocycles. The van der Waals surface area contributed by atoms with Gasteiger partial charge in [-0.1, -0.05) is 16.9 Å².